The van der Waals surface area contributed by atoms with Crippen LogP contribution in [-0.2, 0) is 11.2 Å². The second kappa shape index (κ2) is 13.2. The van der Waals surface area contributed by atoms with Crippen LogP contribution in [0.25, 0.3) is 0 Å². The van der Waals surface area contributed by atoms with Crippen LogP contribution in [0.2, 0.25) is 0 Å². The minimum Gasteiger partial charge on any atom is -0.497 e. The number of thioether (sulfide) groups is 1. The van der Waals surface area contributed by atoms with Gasteiger partial charge >= 0.3 is 0 Å². The zero-order valence-corrected chi connectivity index (χ0v) is 22.4. The quantitative estimate of drug-likeness (QED) is 0.0879. The molecule has 1 aliphatic heterocycles. The molecular formula is C26H32N6O3S2. The van der Waals surface area contributed by atoms with Crippen molar-refractivity contribution in [3.8, 4) is 5.75 Å². The Morgan fingerprint density at radius 1 is 1.22 bits per heavy atom. The summed E-state index contributed by atoms with van der Waals surface area (Å²) in [4.78, 5) is 15.0. The first-order valence-electron chi connectivity index (χ1n) is 11.4. The van der Waals surface area contributed by atoms with E-state index in [4.69, 9.17) is 27.1 Å². The van der Waals surface area contributed by atoms with Gasteiger partial charge in [-0.1, -0.05) is 41.2 Å². The van der Waals surface area contributed by atoms with Crippen molar-refractivity contribution in [2.45, 2.75) is 27.6 Å². The van der Waals surface area contributed by atoms with Crippen molar-refractivity contribution < 1.29 is 14.7 Å². The van der Waals surface area contributed by atoms with Crippen molar-refractivity contribution in [1.29, 1.82) is 0 Å². The number of rotatable bonds is 7. The van der Waals surface area contributed by atoms with E-state index in [0.29, 0.717) is 12.0 Å². The molecular weight excluding hydrogens is 508 g/mol. The second-order valence-electron chi connectivity index (χ2n) is 8.31. The fourth-order valence-electron chi connectivity index (χ4n) is 3.81. The molecule has 3 aromatic carbocycles. The molecule has 0 bridgehead atoms. The lowest BCUT2D eigenvalue weighted by molar-refractivity contribution is -0.114. The van der Waals surface area contributed by atoms with Crippen LogP contribution in [0.3, 0.4) is 0 Å². The average Bonchev–Trinajstić information content (AvgIpc) is 3.24. The molecule has 11 heteroatoms. The van der Waals surface area contributed by atoms with Crippen molar-refractivity contribution in [2.75, 3.05) is 30.9 Å². The lowest BCUT2D eigenvalue weighted by Gasteiger charge is -2.27. The number of carbonyl (C=O) groups is 1. The third kappa shape index (κ3) is 7.56. The average molecular weight is 541 g/mol. The predicted octanol–water partition coefficient (Wildman–Crippen LogP) is 3.10. The number of nitrogens with two attached hydrogens (primary N) is 3. The van der Waals surface area contributed by atoms with Gasteiger partial charge in [0, 0.05) is 34.1 Å². The number of amides is 1. The smallest absolute Gasteiger partial charge is 0.238 e. The predicted molar refractivity (Wildman–Crippen MR) is 153 cm³/mol. The Bertz CT molecular complexity index is 1260. The molecule has 0 radical (unpaired) electrons. The Hall–Kier alpha value is -3.38. The number of nitrogens with zero attached hydrogens (tertiary/aromatic N) is 2. The van der Waals surface area contributed by atoms with Crippen molar-refractivity contribution in [2.24, 2.45) is 22.4 Å². The first kappa shape index (κ1) is 28.2. The topological polar surface area (TPSA) is 152 Å². The summed E-state index contributed by atoms with van der Waals surface area (Å²) in [6.07, 6.45) is 0.694. The molecule has 1 aliphatic rings. The molecule has 8 N–H and O–H groups in total. The third-order valence-corrected chi connectivity index (χ3v) is 7.43. The molecule has 0 saturated carbocycles. The lowest BCUT2D eigenvalue weighted by atomic mass is 10.0. The lowest BCUT2D eigenvalue weighted by Crippen LogP contribution is -2.43. The highest BCUT2D eigenvalue weighted by atomic mass is 32.2. The molecule has 1 heterocycles. The van der Waals surface area contributed by atoms with Gasteiger partial charge in [-0.3, -0.25) is 4.79 Å². The van der Waals surface area contributed by atoms with E-state index < -0.39 is 0 Å². The van der Waals surface area contributed by atoms with Crippen molar-refractivity contribution in [3.05, 3.63) is 77.9 Å². The highest BCUT2D eigenvalue weighted by Gasteiger charge is 2.32. The Labute approximate surface area is 226 Å². The Balaban J connectivity index is 0.000000266. The normalized spacial score (nSPS) is 15.3. The van der Waals surface area contributed by atoms with Crippen LogP contribution in [0.1, 0.15) is 11.1 Å². The number of anilines is 2. The number of benzene rings is 3. The van der Waals surface area contributed by atoms with Gasteiger partial charge in [-0.2, -0.15) is 0 Å². The van der Waals surface area contributed by atoms with Gasteiger partial charge in [0.25, 0.3) is 0 Å². The van der Waals surface area contributed by atoms with E-state index in [9.17, 15) is 4.79 Å². The van der Waals surface area contributed by atoms with Gasteiger partial charge in [0.2, 0.25) is 5.91 Å². The van der Waals surface area contributed by atoms with E-state index in [2.05, 4.69) is 41.1 Å². The number of oxime groups is 1. The van der Waals surface area contributed by atoms with Gasteiger partial charge < -0.3 is 37.4 Å². The Kier molecular flexibility index (Phi) is 10.1. The van der Waals surface area contributed by atoms with Gasteiger partial charge in [0.15, 0.2) is 5.84 Å². The van der Waals surface area contributed by atoms with E-state index in [-0.39, 0.29) is 29.7 Å². The molecule has 0 saturated heterocycles. The van der Waals surface area contributed by atoms with Gasteiger partial charge in [0.05, 0.1) is 24.7 Å². The van der Waals surface area contributed by atoms with E-state index in [1.807, 2.05) is 48.5 Å². The van der Waals surface area contributed by atoms with Crippen LogP contribution in [0.5, 0.6) is 5.75 Å². The molecule has 4 rings (SSSR count). The summed E-state index contributed by atoms with van der Waals surface area (Å²) in [6, 6.07) is 20.8. The van der Waals surface area contributed by atoms with Crippen LogP contribution in [-0.4, -0.2) is 49.1 Å². The fourth-order valence-corrected chi connectivity index (χ4v) is 5.36. The number of methoxy groups -OCH3 is 1. The van der Waals surface area contributed by atoms with Crippen molar-refractivity contribution in [3.63, 3.8) is 0 Å². The molecule has 37 heavy (non-hydrogen) atoms. The summed E-state index contributed by atoms with van der Waals surface area (Å²) in [5.41, 5.74) is 20.9. The van der Waals surface area contributed by atoms with Gasteiger partial charge in [0.1, 0.15) is 5.75 Å². The Morgan fingerprint density at radius 2 is 1.97 bits per heavy atom. The van der Waals surface area contributed by atoms with Crippen LogP contribution >= 0.6 is 24.4 Å². The zero-order valence-electron chi connectivity index (χ0n) is 20.7. The molecule has 1 amide bonds. The molecule has 2 unspecified atom stereocenters. The SMILES string of the molecule is COc1ccc2c(c1)SC(C(N)Cc1cccc(/C(N)=N\O)c1)N2C.NCC(=O)Nc1cccc(S)c1. The largest absolute Gasteiger partial charge is 0.497 e. The molecule has 9 nitrogen and oxygen atoms in total. The van der Waals surface area contributed by atoms with Crippen LogP contribution < -0.4 is 32.2 Å². The molecule has 0 aromatic heterocycles. The number of hydrogen-bond acceptors (Lipinski definition) is 9. The Morgan fingerprint density at radius 3 is 2.65 bits per heavy atom. The van der Waals surface area contributed by atoms with Crippen LogP contribution in [0.15, 0.2) is 81.7 Å². The number of ether oxygens (including phenoxy) is 1. The standard InChI is InChI=1S/C18H22N4O2S.C8H10N2OS/c1-22-15-7-6-13(24-2)10-16(15)25-18(22)14(19)9-11-4-3-5-12(8-11)17(20)21-23;9-5-8(11)10-6-2-1-3-7(12)4-6/h3-8,10,14,18,23H,9,19H2,1-2H3,(H2,20,21);1-4,12H,5,9H2,(H,10,11). The number of likely N-dealkylation sites (N-methyl/N-ethyl adjacent to an activating group) is 1. The molecule has 3 aromatic rings. The number of hydrogen-bond donors (Lipinski definition) is 6. The summed E-state index contributed by atoms with van der Waals surface area (Å²) in [5.74, 6) is 0.747. The monoisotopic (exact) mass is 540 g/mol. The van der Waals surface area contributed by atoms with Crippen molar-refractivity contribution in [1.82, 2.24) is 0 Å². The van der Waals surface area contributed by atoms with Crippen molar-refractivity contribution >= 4 is 47.5 Å². The van der Waals surface area contributed by atoms with Gasteiger partial charge in [-0.25, -0.2) is 0 Å². The molecule has 196 valence electrons. The van der Waals surface area contributed by atoms with E-state index >= 15 is 0 Å². The fraction of sp³-hybridized carbons (Fsp3) is 0.231. The summed E-state index contributed by atoms with van der Waals surface area (Å²) in [6.45, 7) is -0.00318. The van der Waals surface area contributed by atoms with E-state index in [0.717, 1.165) is 27.6 Å². The van der Waals surface area contributed by atoms with Gasteiger partial charge in [-0.15, -0.1) is 12.6 Å². The van der Waals surface area contributed by atoms with Crippen LogP contribution in [0, 0.1) is 0 Å². The maximum atomic E-state index is 10.8. The highest BCUT2D eigenvalue weighted by Crippen LogP contribution is 2.45. The maximum absolute atomic E-state index is 10.8. The van der Waals surface area contributed by atoms with Gasteiger partial charge in [-0.05, 0) is 54.4 Å². The summed E-state index contributed by atoms with van der Waals surface area (Å²) >= 11 is 5.87. The molecule has 0 fully saturated rings. The molecule has 0 aliphatic carbocycles. The first-order chi connectivity index (χ1) is 17.7. The number of nitrogens with one attached hydrogen (secondary N) is 1. The number of carbonyl (C=O) groups excluding carboxylic acids is 1. The number of thiol groups is 1. The maximum Gasteiger partial charge on any atom is 0.238 e. The minimum absolute atomic E-state index is 0.00318. The number of fused-ring (bicyclic) bond motifs is 1. The minimum atomic E-state index is -0.200. The summed E-state index contributed by atoms with van der Waals surface area (Å²) in [5, 5.41) is 14.6. The van der Waals surface area contributed by atoms with Crippen LogP contribution in [0.4, 0.5) is 11.4 Å². The summed E-state index contributed by atoms with van der Waals surface area (Å²) in [7, 11) is 3.73. The third-order valence-electron chi connectivity index (χ3n) is 5.66. The molecule has 2 atom stereocenters. The highest BCUT2D eigenvalue weighted by molar-refractivity contribution is 8.00. The second-order valence-corrected chi connectivity index (χ2v) is 9.98. The van der Waals surface area contributed by atoms with E-state index in [1.165, 1.54) is 4.90 Å². The first-order valence-corrected chi connectivity index (χ1v) is 12.8. The summed E-state index contributed by atoms with van der Waals surface area (Å²) < 4.78 is 5.31. The molecule has 0 spiro atoms. The number of amidine groups is 1. The van der Waals surface area contributed by atoms with E-state index in [1.54, 1.807) is 31.0 Å². The zero-order chi connectivity index (χ0) is 26.9.